The molecule has 0 saturated heterocycles. The van der Waals surface area contributed by atoms with Crippen LogP contribution in [0.25, 0.3) is 0 Å². The first-order chi connectivity index (χ1) is 6.29. The standard InChI is InChI=1S/C10H13O3/c1-3-12-8-6-5-7-9(10(8)11)13-4-2/h6-7,11H,3-4H2,1-2H3. The van der Waals surface area contributed by atoms with Crippen LogP contribution in [0.15, 0.2) is 12.1 Å². The van der Waals surface area contributed by atoms with Crippen molar-refractivity contribution in [2.45, 2.75) is 13.8 Å². The van der Waals surface area contributed by atoms with Crippen LogP contribution < -0.4 is 9.47 Å². The van der Waals surface area contributed by atoms with E-state index in [1.54, 1.807) is 12.1 Å². The van der Waals surface area contributed by atoms with E-state index in [4.69, 9.17) is 9.47 Å². The molecule has 1 aromatic rings. The van der Waals surface area contributed by atoms with Crippen LogP contribution in [0.1, 0.15) is 13.8 Å². The molecule has 0 aliphatic carbocycles. The summed E-state index contributed by atoms with van der Waals surface area (Å²) in [5.74, 6) is 0.865. The predicted octanol–water partition coefficient (Wildman–Crippen LogP) is 1.99. The van der Waals surface area contributed by atoms with Crippen LogP contribution in [0.2, 0.25) is 0 Å². The molecule has 0 unspecified atom stereocenters. The number of hydrogen-bond donors (Lipinski definition) is 1. The van der Waals surface area contributed by atoms with Crippen molar-refractivity contribution in [3.63, 3.8) is 0 Å². The van der Waals surface area contributed by atoms with Gasteiger partial charge in [-0.15, -0.1) is 0 Å². The van der Waals surface area contributed by atoms with E-state index in [9.17, 15) is 5.11 Å². The molecular formula is C10H13O3. The summed E-state index contributed by atoms with van der Waals surface area (Å²) >= 11 is 0. The molecule has 1 N–H and O–H groups in total. The van der Waals surface area contributed by atoms with Gasteiger partial charge in [0.1, 0.15) is 0 Å². The number of rotatable bonds is 4. The summed E-state index contributed by atoms with van der Waals surface area (Å²) < 4.78 is 10.3. The van der Waals surface area contributed by atoms with E-state index in [0.717, 1.165) is 0 Å². The Morgan fingerprint density at radius 3 is 2.00 bits per heavy atom. The Bertz CT molecular complexity index is 247. The average molecular weight is 181 g/mol. The molecule has 0 atom stereocenters. The van der Waals surface area contributed by atoms with Gasteiger partial charge in [0.05, 0.1) is 13.2 Å². The van der Waals surface area contributed by atoms with Gasteiger partial charge in [-0.2, -0.15) is 0 Å². The van der Waals surface area contributed by atoms with Gasteiger partial charge in [-0.05, 0) is 32.0 Å². The van der Waals surface area contributed by atoms with Crippen molar-refractivity contribution in [3.05, 3.63) is 18.2 Å². The normalized spacial score (nSPS) is 9.69. The minimum absolute atomic E-state index is 0.0439. The molecule has 0 saturated carbocycles. The Morgan fingerprint density at radius 1 is 1.15 bits per heavy atom. The van der Waals surface area contributed by atoms with Crippen molar-refractivity contribution in [3.8, 4) is 17.2 Å². The molecule has 13 heavy (non-hydrogen) atoms. The van der Waals surface area contributed by atoms with Crippen molar-refractivity contribution < 1.29 is 14.6 Å². The van der Waals surface area contributed by atoms with E-state index in [2.05, 4.69) is 6.07 Å². The lowest BCUT2D eigenvalue weighted by Gasteiger charge is -2.09. The predicted molar refractivity (Wildman–Crippen MR) is 49.3 cm³/mol. The fourth-order valence-electron chi connectivity index (χ4n) is 0.982. The van der Waals surface area contributed by atoms with Crippen molar-refractivity contribution in [1.29, 1.82) is 0 Å². The molecule has 0 heterocycles. The van der Waals surface area contributed by atoms with E-state index < -0.39 is 0 Å². The lowest BCUT2D eigenvalue weighted by atomic mass is 10.3. The second-order valence-electron chi connectivity index (χ2n) is 2.40. The van der Waals surface area contributed by atoms with Gasteiger partial charge < -0.3 is 14.6 Å². The first-order valence-electron chi connectivity index (χ1n) is 4.28. The molecule has 1 aromatic carbocycles. The van der Waals surface area contributed by atoms with Crippen LogP contribution in [0.4, 0.5) is 0 Å². The fourth-order valence-corrected chi connectivity index (χ4v) is 0.982. The van der Waals surface area contributed by atoms with E-state index in [1.807, 2.05) is 13.8 Å². The molecule has 0 aromatic heterocycles. The van der Waals surface area contributed by atoms with Crippen molar-refractivity contribution in [2.24, 2.45) is 0 Å². The third-order valence-electron chi connectivity index (χ3n) is 1.50. The fraction of sp³-hybridized carbons (Fsp3) is 0.400. The largest absolute Gasteiger partial charge is 0.502 e. The van der Waals surface area contributed by atoms with Gasteiger partial charge in [-0.1, -0.05) is 0 Å². The van der Waals surface area contributed by atoms with Crippen LogP contribution in [0.5, 0.6) is 17.2 Å². The number of hydrogen-bond acceptors (Lipinski definition) is 3. The van der Waals surface area contributed by atoms with Gasteiger partial charge in [-0.3, -0.25) is 0 Å². The molecule has 0 bridgehead atoms. The third kappa shape index (κ3) is 2.28. The van der Waals surface area contributed by atoms with Crippen LogP contribution >= 0.6 is 0 Å². The Kier molecular flexibility index (Phi) is 3.43. The maximum Gasteiger partial charge on any atom is 0.200 e. The van der Waals surface area contributed by atoms with E-state index in [-0.39, 0.29) is 5.75 Å². The van der Waals surface area contributed by atoms with Crippen molar-refractivity contribution >= 4 is 0 Å². The zero-order valence-electron chi connectivity index (χ0n) is 7.83. The molecule has 0 spiro atoms. The highest BCUT2D eigenvalue weighted by Crippen LogP contribution is 2.35. The first kappa shape index (κ1) is 9.71. The van der Waals surface area contributed by atoms with E-state index in [0.29, 0.717) is 24.7 Å². The van der Waals surface area contributed by atoms with Crippen LogP contribution in [-0.4, -0.2) is 18.3 Å². The quantitative estimate of drug-likeness (QED) is 0.772. The van der Waals surface area contributed by atoms with Gasteiger partial charge in [0.25, 0.3) is 0 Å². The zero-order chi connectivity index (χ0) is 9.68. The number of aromatic hydroxyl groups is 1. The molecule has 71 valence electrons. The highest BCUT2D eigenvalue weighted by atomic mass is 16.5. The summed E-state index contributed by atoms with van der Waals surface area (Å²) in [6, 6.07) is 6.00. The van der Waals surface area contributed by atoms with Gasteiger partial charge >= 0.3 is 0 Å². The monoisotopic (exact) mass is 181 g/mol. The molecular weight excluding hydrogens is 168 g/mol. The molecule has 0 aliphatic rings. The smallest absolute Gasteiger partial charge is 0.200 e. The summed E-state index contributed by atoms with van der Waals surface area (Å²) in [7, 11) is 0. The second-order valence-corrected chi connectivity index (χ2v) is 2.40. The maximum absolute atomic E-state index is 9.58. The number of ether oxygens (including phenoxy) is 2. The summed E-state index contributed by atoms with van der Waals surface area (Å²) in [5, 5.41) is 9.58. The molecule has 1 rings (SSSR count). The van der Waals surface area contributed by atoms with Crippen molar-refractivity contribution in [2.75, 3.05) is 13.2 Å². The van der Waals surface area contributed by atoms with Gasteiger partial charge in [0.2, 0.25) is 5.75 Å². The number of phenolic OH excluding ortho intramolecular Hbond substituents is 1. The Morgan fingerprint density at radius 2 is 1.62 bits per heavy atom. The molecule has 0 fully saturated rings. The Balaban J connectivity index is 2.89. The minimum Gasteiger partial charge on any atom is -0.502 e. The second kappa shape index (κ2) is 4.60. The molecule has 1 radical (unpaired) electrons. The maximum atomic E-state index is 9.58. The van der Waals surface area contributed by atoms with Crippen LogP contribution in [0, 0.1) is 6.07 Å². The van der Waals surface area contributed by atoms with Crippen LogP contribution in [0.3, 0.4) is 0 Å². The van der Waals surface area contributed by atoms with Gasteiger partial charge in [0, 0.05) is 0 Å². The zero-order valence-corrected chi connectivity index (χ0v) is 7.83. The first-order valence-corrected chi connectivity index (χ1v) is 4.28. The molecule has 0 aliphatic heterocycles. The van der Waals surface area contributed by atoms with Gasteiger partial charge in [0.15, 0.2) is 11.5 Å². The Labute approximate surface area is 77.9 Å². The lowest BCUT2D eigenvalue weighted by Crippen LogP contribution is -1.95. The SMILES string of the molecule is CCOc1c[c]cc(OCC)c1O. The highest BCUT2D eigenvalue weighted by molar-refractivity contribution is 5.49. The minimum atomic E-state index is 0.0439. The topological polar surface area (TPSA) is 38.7 Å². The van der Waals surface area contributed by atoms with Crippen LogP contribution in [-0.2, 0) is 0 Å². The molecule has 3 nitrogen and oxygen atoms in total. The number of benzene rings is 1. The molecule has 3 heteroatoms. The van der Waals surface area contributed by atoms with Crippen molar-refractivity contribution in [1.82, 2.24) is 0 Å². The summed E-state index contributed by atoms with van der Waals surface area (Å²) in [5.41, 5.74) is 0. The molecule has 0 amide bonds. The summed E-state index contributed by atoms with van der Waals surface area (Å²) in [6.07, 6.45) is 0. The van der Waals surface area contributed by atoms with E-state index in [1.165, 1.54) is 0 Å². The highest BCUT2D eigenvalue weighted by Gasteiger charge is 2.07. The number of phenols is 1. The summed E-state index contributed by atoms with van der Waals surface area (Å²) in [4.78, 5) is 0. The van der Waals surface area contributed by atoms with Gasteiger partial charge in [-0.25, -0.2) is 0 Å². The third-order valence-corrected chi connectivity index (χ3v) is 1.50. The lowest BCUT2D eigenvalue weighted by molar-refractivity contribution is 0.289. The average Bonchev–Trinajstić information content (AvgIpc) is 2.13. The Hall–Kier alpha value is -1.38. The summed E-state index contributed by atoms with van der Waals surface area (Å²) in [6.45, 7) is 4.73. The van der Waals surface area contributed by atoms with E-state index >= 15 is 0 Å².